The predicted molar refractivity (Wildman–Crippen MR) is 85.7 cm³/mol. The molecule has 2 N–H and O–H groups in total. The van der Waals surface area contributed by atoms with E-state index in [-0.39, 0.29) is 29.4 Å². The Morgan fingerprint density at radius 2 is 2.22 bits per heavy atom. The molecule has 0 bridgehead atoms. The maximum atomic E-state index is 12.3. The van der Waals surface area contributed by atoms with Crippen LogP contribution in [0.15, 0.2) is 51.5 Å². The van der Waals surface area contributed by atoms with E-state index < -0.39 is 11.9 Å². The molecular formula is C16H15BrN2O4. The Hall–Kier alpha value is -2.30. The fourth-order valence-corrected chi connectivity index (χ4v) is 2.83. The summed E-state index contributed by atoms with van der Waals surface area (Å²) in [7, 11) is 2.74. The molecule has 0 fully saturated rings. The maximum absolute atomic E-state index is 12.3. The number of ether oxygens (including phenoxy) is 3. The second-order valence-corrected chi connectivity index (χ2v) is 5.66. The number of nitriles is 1. The monoisotopic (exact) mass is 378 g/mol. The van der Waals surface area contributed by atoms with E-state index in [2.05, 4.69) is 15.9 Å². The van der Waals surface area contributed by atoms with Gasteiger partial charge in [-0.05, 0) is 17.7 Å². The molecule has 120 valence electrons. The van der Waals surface area contributed by atoms with Gasteiger partial charge in [-0.2, -0.15) is 5.26 Å². The van der Waals surface area contributed by atoms with Crippen molar-refractivity contribution in [3.63, 3.8) is 0 Å². The van der Waals surface area contributed by atoms with Crippen LogP contribution in [0.4, 0.5) is 0 Å². The average molecular weight is 379 g/mol. The van der Waals surface area contributed by atoms with Crippen LogP contribution < -0.4 is 5.73 Å². The molecular weight excluding hydrogens is 364 g/mol. The van der Waals surface area contributed by atoms with Crippen LogP contribution in [0.5, 0.6) is 0 Å². The molecule has 0 radical (unpaired) electrons. The molecule has 2 rings (SSSR count). The third kappa shape index (κ3) is 3.38. The number of hydrogen-bond donors (Lipinski definition) is 1. The molecule has 23 heavy (non-hydrogen) atoms. The van der Waals surface area contributed by atoms with Crippen LogP contribution in [-0.4, -0.2) is 26.8 Å². The minimum atomic E-state index is -0.677. The maximum Gasteiger partial charge on any atom is 0.338 e. The lowest BCUT2D eigenvalue weighted by molar-refractivity contribution is -0.136. The highest BCUT2D eigenvalue weighted by molar-refractivity contribution is 9.10. The van der Waals surface area contributed by atoms with Crippen LogP contribution in [0.3, 0.4) is 0 Å². The van der Waals surface area contributed by atoms with Gasteiger partial charge in [0.25, 0.3) is 0 Å². The molecule has 7 heteroatoms. The molecule has 1 aliphatic heterocycles. The molecule has 0 amide bonds. The van der Waals surface area contributed by atoms with E-state index in [1.165, 1.54) is 14.2 Å². The summed E-state index contributed by atoms with van der Waals surface area (Å²) >= 11 is 3.39. The number of esters is 1. The summed E-state index contributed by atoms with van der Waals surface area (Å²) in [4.78, 5) is 12.3. The summed E-state index contributed by atoms with van der Waals surface area (Å²) in [6.07, 6.45) is 0. The van der Waals surface area contributed by atoms with Crippen LogP contribution in [0.2, 0.25) is 0 Å². The van der Waals surface area contributed by atoms with Crippen molar-refractivity contribution >= 4 is 21.9 Å². The minimum absolute atomic E-state index is 0.0361. The molecule has 0 saturated heterocycles. The number of benzene rings is 1. The lowest BCUT2D eigenvalue weighted by Crippen LogP contribution is -2.27. The van der Waals surface area contributed by atoms with Gasteiger partial charge < -0.3 is 19.9 Å². The van der Waals surface area contributed by atoms with Gasteiger partial charge in [0, 0.05) is 11.6 Å². The first-order valence-corrected chi connectivity index (χ1v) is 7.46. The van der Waals surface area contributed by atoms with Crippen molar-refractivity contribution in [2.24, 2.45) is 5.73 Å². The number of halogens is 1. The zero-order valence-corrected chi connectivity index (χ0v) is 14.2. The summed E-state index contributed by atoms with van der Waals surface area (Å²) in [6, 6.07) is 9.30. The van der Waals surface area contributed by atoms with Gasteiger partial charge in [-0.25, -0.2) is 4.79 Å². The summed E-state index contributed by atoms with van der Waals surface area (Å²) in [5, 5.41) is 9.47. The number of nitrogens with two attached hydrogens (primary N) is 1. The SMILES string of the molecule is COCC1=C(C(=O)OC)[C@@H](c2cccc(Br)c2)C(C#N)=C(N)O1. The standard InChI is InChI=1S/C16H15BrN2O4/c1-21-8-12-14(16(20)22-2)13(11(7-18)15(19)23-12)9-4-3-5-10(17)6-9/h3-6,13H,8,19H2,1-2H3/t13-/m0/s1. The number of nitrogens with zero attached hydrogens (tertiary/aromatic N) is 1. The van der Waals surface area contributed by atoms with Crippen molar-refractivity contribution in [3.05, 3.63) is 57.1 Å². The summed E-state index contributed by atoms with van der Waals surface area (Å²) in [5.74, 6) is -1.08. The molecule has 0 saturated carbocycles. The second kappa shape index (κ2) is 7.31. The summed E-state index contributed by atoms with van der Waals surface area (Å²) < 4.78 is 16.2. The van der Waals surface area contributed by atoms with Crippen LogP contribution in [0, 0.1) is 11.3 Å². The molecule has 0 aromatic heterocycles. The van der Waals surface area contributed by atoms with Gasteiger partial charge in [-0.15, -0.1) is 0 Å². The van der Waals surface area contributed by atoms with Gasteiger partial charge in [0.1, 0.15) is 24.0 Å². The largest absolute Gasteiger partial charge is 0.466 e. The van der Waals surface area contributed by atoms with Crippen LogP contribution in [0.25, 0.3) is 0 Å². The third-order valence-electron chi connectivity index (χ3n) is 3.36. The normalized spacial score (nSPS) is 17.6. The Labute approximate surface area is 142 Å². The highest BCUT2D eigenvalue weighted by Gasteiger charge is 2.37. The first kappa shape index (κ1) is 17.1. The molecule has 6 nitrogen and oxygen atoms in total. The van der Waals surface area contributed by atoms with Gasteiger partial charge >= 0.3 is 5.97 Å². The smallest absolute Gasteiger partial charge is 0.338 e. The lowest BCUT2D eigenvalue weighted by atomic mass is 9.83. The number of hydrogen-bond acceptors (Lipinski definition) is 6. The number of carbonyl (C=O) groups is 1. The Kier molecular flexibility index (Phi) is 5.42. The minimum Gasteiger partial charge on any atom is -0.466 e. The summed E-state index contributed by atoms with van der Waals surface area (Å²) in [6.45, 7) is 0.0361. The second-order valence-electron chi connectivity index (χ2n) is 4.74. The number of methoxy groups -OCH3 is 2. The van der Waals surface area contributed by atoms with E-state index in [0.717, 1.165) is 10.0 Å². The molecule has 0 spiro atoms. The first-order chi connectivity index (χ1) is 11.0. The van der Waals surface area contributed by atoms with Crippen molar-refractivity contribution in [1.82, 2.24) is 0 Å². The highest BCUT2D eigenvalue weighted by Crippen LogP contribution is 2.40. The molecule has 1 heterocycles. The fraction of sp³-hybridized carbons (Fsp3) is 0.250. The summed E-state index contributed by atoms with van der Waals surface area (Å²) in [5.41, 5.74) is 6.94. The Morgan fingerprint density at radius 3 is 2.78 bits per heavy atom. The average Bonchev–Trinajstić information content (AvgIpc) is 2.54. The van der Waals surface area contributed by atoms with E-state index in [0.29, 0.717) is 0 Å². The van der Waals surface area contributed by atoms with Gasteiger partial charge in [-0.3, -0.25) is 0 Å². The molecule has 1 aromatic rings. The molecule has 1 aromatic carbocycles. The van der Waals surface area contributed by atoms with E-state index >= 15 is 0 Å². The first-order valence-electron chi connectivity index (χ1n) is 6.66. The highest BCUT2D eigenvalue weighted by atomic mass is 79.9. The van der Waals surface area contributed by atoms with E-state index in [4.69, 9.17) is 19.9 Å². The predicted octanol–water partition coefficient (Wildman–Crippen LogP) is 2.33. The molecule has 0 unspecified atom stereocenters. The van der Waals surface area contributed by atoms with Crippen LogP contribution in [-0.2, 0) is 19.0 Å². The van der Waals surface area contributed by atoms with Gasteiger partial charge in [0.05, 0.1) is 18.6 Å². The molecule has 0 aliphatic carbocycles. The van der Waals surface area contributed by atoms with Crippen molar-refractivity contribution in [3.8, 4) is 6.07 Å². The Morgan fingerprint density at radius 1 is 1.48 bits per heavy atom. The number of rotatable bonds is 4. The third-order valence-corrected chi connectivity index (χ3v) is 3.85. The van der Waals surface area contributed by atoms with E-state index in [9.17, 15) is 10.1 Å². The van der Waals surface area contributed by atoms with Crippen molar-refractivity contribution in [1.29, 1.82) is 5.26 Å². The van der Waals surface area contributed by atoms with E-state index in [1.54, 1.807) is 6.07 Å². The fourth-order valence-electron chi connectivity index (χ4n) is 2.41. The molecule has 1 aliphatic rings. The topological polar surface area (TPSA) is 94.6 Å². The van der Waals surface area contributed by atoms with Gasteiger partial charge in [0.15, 0.2) is 0 Å². The van der Waals surface area contributed by atoms with Crippen molar-refractivity contribution in [2.75, 3.05) is 20.8 Å². The van der Waals surface area contributed by atoms with Crippen LogP contribution in [0.1, 0.15) is 11.5 Å². The number of allylic oxidation sites excluding steroid dienone is 1. The van der Waals surface area contributed by atoms with E-state index in [1.807, 2.05) is 24.3 Å². The Bertz CT molecular complexity index is 734. The van der Waals surface area contributed by atoms with Crippen molar-refractivity contribution < 1.29 is 19.0 Å². The Balaban J connectivity index is 2.68. The zero-order valence-electron chi connectivity index (χ0n) is 12.6. The lowest BCUT2D eigenvalue weighted by Gasteiger charge is -2.27. The zero-order chi connectivity index (χ0) is 17.0. The van der Waals surface area contributed by atoms with Gasteiger partial charge in [-0.1, -0.05) is 28.1 Å². The number of carbonyl (C=O) groups excluding carboxylic acids is 1. The van der Waals surface area contributed by atoms with Crippen molar-refractivity contribution in [2.45, 2.75) is 5.92 Å². The van der Waals surface area contributed by atoms with Gasteiger partial charge in [0.2, 0.25) is 5.88 Å². The van der Waals surface area contributed by atoms with Crippen LogP contribution >= 0.6 is 15.9 Å². The quantitative estimate of drug-likeness (QED) is 0.807. The molecule has 1 atom stereocenters.